The van der Waals surface area contributed by atoms with Crippen molar-refractivity contribution in [2.24, 2.45) is 0 Å². The zero-order valence-electron chi connectivity index (χ0n) is 13.4. The first-order chi connectivity index (χ1) is 12.5. The Bertz CT molecular complexity index is 923. The van der Waals surface area contributed by atoms with Crippen molar-refractivity contribution in [2.75, 3.05) is 6.54 Å². The number of carbonyl (C=O) groups excluding carboxylic acids is 1. The molecule has 0 saturated heterocycles. The van der Waals surface area contributed by atoms with E-state index >= 15 is 0 Å². The number of nitrogens with one attached hydrogen (secondary N) is 1. The molecule has 9 heteroatoms. The highest BCUT2D eigenvalue weighted by Crippen LogP contribution is 2.18. The molecule has 1 N–H and O–H groups in total. The van der Waals surface area contributed by atoms with Gasteiger partial charge in [-0.2, -0.15) is 4.98 Å². The monoisotopic (exact) mass is 372 g/mol. The second-order valence-corrected chi connectivity index (χ2v) is 5.76. The van der Waals surface area contributed by atoms with Gasteiger partial charge >= 0.3 is 0 Å². The summed E-state index contributed by atoms with van der Waals surface area (Å²) in [6.07, 6.45) is 0.360. The molecule has 0 atom stereocenters. The Kier molecular flexibility index (Phi) is 5.23. The van der Waals surface area contributed by atoms with Gasteiger partial charge in [0.2, 0.25) is 11.7 Å². The first kappa shape index (κ1) is 17.6. The third-order valence-corrected chi connectivity index (χ3v) is 3.79. The van der Waals surface area contributed by atoms with E-state index in [0.717, 1.165) is 5.56 Å². The fourth-order valence-corrected chi connectivity index (χ4v) is 2.32. The van der Waals surface area contributed by atoms with Gasteiger partial charge in [-0.05, 0) is 36.4 Å². The van der Waals surface area contributed by atoms with E-state index in [1.165, 1.54) is 24.3 Å². The van der Waals surface area contributed by atoms with E-state index in [9.17, 15) is 14.9 Å². The molecular formula is C17H13ClN4O4. The van der Waals surface area contributed by atoms with Gasteiger partial charge in [0, 0.05) is 41.2 Å². The number of carbonyl (C=O) groups is 1. The molecule has 0 bridgehead atoms. The quantitative estimate of drug-likeness (QED) is 0.525. The van der Waals surface area contributed by atoms with Crippen molar-refractivity contribution < 1.29 is 14.2 Å². The highest BCUT2D eigenvalue weighted by molar-refractivity contribution is 6.30. The van der Waals surface area contributed by atoms with E-state index in [1.54, 1.807) is 24.3 Å². The van der Waals surface area contributed by atoms with Gasteiger partial charge in [0.05, 0.1) is 4.92 Å². The summed E-state index contributed by atoms with van der Waals surface area (Å²) in [4.78, 5) is 26.4. The number of hydrogen-bond donors (Lipinski definition) is 1. The Morgan fingerprint density at radius 2 is 1.85 bits per heavy atom. The van der Waals surface area contributed by atoms with Crippen molar-refractivity contribution in [3.8, 4) is 11.4 Å². The summed E-state index contributed by atoms with van der Waals surface area (Å²) < 4.78 is 5.16. The van der Waals surface area contributed by atoms with Gasteiger partial charge in [-0.15, -0.1) is 0 Å². The van der Waals surface area contributed by atoms with Gasteiger partial charge in [0.1, 0.15) is 0 Å². The van der Waals surface area contributed by atoms with Crippen LogP contribution in [0, 0.1) is 10.1 Å². The minimum absolute atomic E-state index is 0.0675. The average Bonchev–Trinajstić information content (AvgIpc) is 3.11. The fourth-order valence-electron chi connectivity index (χ4n) is 2.19. The molecule has 3 aromatic rings. The second kappa shape index (κ2) is 7.75. The van der Waals surface area contributed by atoms with E-state index in [-0.39, 0.29) is 18.1 Å². The molecule has 132 valence electrons. The number of aromatic nitrogens is 2. The van der Waals surface area contributed by atoms with Crippen molar-refractivity contribution in [3.63, 3.8) is 0 Å². The number of hydrogen-bond acceptors (Lipinski definition) is 6. The van der Waals surface area contributed by atoms with Crippen LogP contribution < -0.4 is 5.32 Å². The summed E-state index contributed by atoms with van der Waals surface area (Å²) in [6, 6.07) is 12.4. The van der Waals surface area contributed by atoms with Crippen molar-refractivity contribution in [3.05, 3.63) is 75.1 Å². The zero-order valence-corrected chi connectivity index (χ0v) is 14.1. The summed E-state index contributed by atoms with van der Waals surface area (Å²) in [6.45, 7) is 0.290. The van der Waals surface area contributed by atoms with Crippen LogP contribution in [0.3, 0.4) is 0 Å². The molecule has 0 radical (unpaired) electrons. The molecule has 0 unspecified atom stereocenters. The van der Waals surface area contributed by atoms with Crippen LogP contribution in [-0.4, -0.2) is 27.5 Å². The van der Waals surface area contributed by atoms with E-state index in [1.807, 2.05) is 0 Å². The molecule has 1 heterocycles. The predicted octanol–water partition coefficient (Wildman–Crippen LogP) is 3.27. The number of non-ortho nitro benzene ring substituents is 1. The number of nitro benzene ring substituents is 1. The molecule has 0 spiro atoms. The van der Waals surface area contributed by atoms with Crippen LogP contribution >= 0.6 is 11.6 Å². The van der Waals surface area contributed by atoms with E-state index in [0.29, 0.717) is 28.7 Å². The van der Waals surface area contributed by atoms with Crippen molar-refractivity contribution in [2.45, 2.75) is 6.42 Å². The fraction of sp³-hybridized carbons (Fsp3) is 0.118. The molecule has 0 aliphatic carbocycles. The minimum atomic E-state index is -0.518. The van der Waals surface area contributed by atoms with Gasteiger partial charge in [0.15, 0.2) is 0 Å². The van der Waals surface area contributed by atoms with Gasteiger partial charge in [-0.1, -0.05) is 16.8 Å². The Morgan fingerprint density at radius 1 is 1.15 bits per heavy atom. The van der Waals surface area contributed by atoms with Crippen molar-refractivity contribution >= 4 is 23.2 Å². The van der Waals surface area contributed by atoms with Crippen LogP contribution in [0.25, 0.3) is 11.4 Å². The molecule has 0 fully saturated rings. The maximum absolute atomic E-state index is 12.0. The minimum Gasteiger partial charge on any atom is -0.352 e. The van der Waals surface area contributed by atoms with E-state index in [2.05, 4.69) is 15.5 Å². The van der Waals surface area contributed by atoms with Crippen LogP contribution in [0.5, 0.6) is 0 Å². The molecule has 2 aromatic carbocycles. The van der Waals surface area contributed by atoms with Crippen LogP contribution in [0.1, 0.15) is 16.2 Å². The molecule has 3 rings (SSSR count). The maximum Gasteiger partial charge on any atom is 0.269 e. The largest absolute Gasteiger partial charge is 0.352 e. The highest BCUT2D eigenvalue weighted by atomic mass is 35.5. The summed E-state index contributed by atoms with van der Waals surface area (Å²) >= 11 is 5.84. The van der Waals surface area contributed by atoms with Crippen LogP contribution in [0.2, 0.25) is 5.02 Å². The molecule has 0 aliphatic heterocycles. The third-order valence-electron chi connectivity index (χ3n) is 3.54. The number of halogens is 1. The molecular weight excluding hydrogens is 360 g/mol. The maximum atomic E-state index is 12.0. The van der Waals surface area contributed by atoms with Gasteiger partial charge in [0.25, 0.3) is 11.6 Å². The molecule has 8 nitrogen and oxygen atoms in total. The Labute approximate surface area is 152 Å². The van der Waals surface area contributed by atoms with Gasteiger partial charge < -0.3 is 9.84 Å². The Morgan fingerprint density at radius 3 is 2.50 bits per heavy atom. The second-order valence-electron chi connectivity index (χ2n) is 5.33. The first-order valence-electron chi connectivity index (χ1n) is 7.64. The zero-order chi connectivity index (χ0) is 18.5. The molecule has 26 heavy (non-hydrogen) atoms. The SMILES string of the molecule is O=C(NCCc1nc(-c2ccc(Cl)cc2)no1)c1ccc([N+](=O)[O-])cc1. The smallest absolute Gasteiger partial charge is 0.269 e. The number of rotatable bonds is 6. The van der Waals surface area contributed by atoms with Crippen molar-refractivity contribution in [1.82, 2.24) is 15.5 Å². The van der Waals surface area contributed by atoms with Gasteiger partial charge in [-0.25, -0.2) is 0 Å². The Balaban J connectivity index is 1.54. The average molecular weight is 373 g/mol. The van der Waals surface area contributed by atoms with E-state index in [4.69, 9.17) is 16.1 Å². The third kappa shape index (κ3) is 4.22. The molecule has 1 amide bonds. The van der Waals surface area contributed by atoms with Crippen molar-refractivity contribution in [1.29, 1.82) is 0 Å². The van der Waals surface area contributed by atoms with E-state index < -0.39 is 4.92 Å². The normalized spacial score (nSPS) is 10.5. The lowest BCUT2D eigenvalue weighted by molar-refractivity contribution is -0.384. The van der Waals surface area contributed by atoms with Crippen LogP contribution in [-0.2, 0) is 6.42 Å². The predicted molar refractivity (Wildman–Crippen MR) is 93.9 cm³/mol. The first-order valence-corrected chi connectivity index (χ1v) is 8.02. The van der Waals surface area contributed by atoms with Gasteiger partial charge in [-0.3, -0.25) is 14.9 Å². The molecule has 0 saturated carbocycles. The topological polar surface area (TPSA) is 111 Å². The summed E-state index contributed by atoms with van der Waals surface area (Å²) in [7, 11) is 0. The molecule has 1 aromatic heterocycles. The lowest BCUT2D eigenvalue weighted by Gasteiger charge is -2.03. The number of nitro groups is 1. The summed E-state index contributed by atoms with van der Waals surface area (Å²) in [5, 5.41) is 17.8. The number of benzene rings is 2. The van der Waals surface area contributed by atoms with Crippen LogP contribution in [0.15, 0.2) is 53.1 Å². The highest BCUT2D eigenvalue weighted by Gasteiger charge is 2.11. The number of nitrogens with zero attached hydrogens (tertiary/aromatic N) is 3. The number of amides is 1. The summed E-state index contributed by atoms with van der Waals surface area (Å²) in [5.74, 6) is 0.495. The Hall–Kier alpha value is -3.26. The van der Waals surface area contributed by atoms with Crippen LogP contribution in [0.4, 0.5) is 5.69 Å². The summed E-state index contributed by atoms with van der Waals surface area (Å²) in [5.41, 5.74) is 1.05. The standard InChI is InChI=1S/C17H13ClN4O4/c18-13-5-1-11(2-6-13)16-20-15(26-21-16)9-10-19-17(23)12-3-7-14(8-4-12)22(24)25/h1-8H,9-10H2,(H,19,23). The lowest BCUT2D eigenvalue weighted by Crippen LogP contribution is -2.25. The molecule has 0 aliphatic rings. The lowest BCUT2D eigenvalue weighted by atomic mass is 10.2.